The fraction of sp³-hybridized carbons (Fsp3) is 0.156. The highest BCUT2D eigenvalue weighted by molar-refractivity contribution is 6.34. The Morgan fingerprint density at radius 2 is 1.77 bits per heavy atom. The highest BCUT2D eigenvalue weighted by Crippen LogP contribution is 2.39. The van der Waals surface area contributed by atoms with Gasteiger partial charge in [0.1, 0.15) is 11.6 Å². The predicted molar refractivity (Wildman–Crippen MR) is 152 cm³/mol. The summed E-state index contributed by atoms with van der Waals surface area (Å²) in [4.78, 5) is 33.7. The number of carboxylic acids is 1. The van der Waals surface area contributed by atoms with E-state index in [1.165, 1.54) is 18.2 Å². The Kier molecular flexibility index (Phi) is 7.57. The lowest BCUT2D eigenvalue weighted by Gasteiger charge is -2.17. The molecule has 0 spiro atoms. The maximum absolute atomic E-state index is 13.9. The molecule has 0 aliphatic heterocycles. The number of carbonyl (C=O) groups excluding carboxylic acids is 1. The van der Waals surface area contributed by atoms with Crippen molar-refractivity contribution in [2.24, 2.45) is 0 Å². The minimum atomic E-state index is -1.18. The van der Waals surface area contributed by atoms with Gasteiger partial charge in [0.05, 0.1) is 16.6 Å². The standard InChI is InChI=1S/C32H26ClFN2O3/c1-2-7-19(20-8-5-9-22(34)16-20)18-29(37)21-14-15-23(25(17-21)32(38)39)30-24(10-6-11-26(30)33)31-35-27-12-3-4-13-28(27)36-31/h3-6,8-17,19H,2,7,18H2,1H3,(H,35,36)(H,38,39). The van der Waals surface area contributed by atoms with Gasteiger partial charge in [0.15, 0.2) is 5.78 Å². The molecule has 5 nitrogen and oxygen atoms in total. The maximum atomic E-state index is 13.9. The molecule has 0 aliphatic rings. The van der Waals surface area contributed by atoms with Gasteiger partial charge in [0, 0.05) is 28.1 Å². The zero-order valence-corrected chi connectivity index (χ0v) is 22.0. The van der Waals surface area contributed by atoms with E-state index < -0.39 is 5.97 Å². The van der Waals surface area contributed by atoms with Crippen LogP contribution in [0.4, 0.5) is 4.39 Å². The Bertz CT molecular complexity index is 1660. The second-order valence-corrected chi connectivity index (χ2v) is 9.91. The lowest BCUT2D eigenvalue weighted by atomic mass is 9.87. The quantitative estimate of drug-likeness (QED) is 0.183. The molecule has 5 aromatic rings. The number of ketones is 1. The van der Waals surface area contributed by atoms with Crippen LogP contribution in [0, 0.1) is 5.82 Å². The van der Waals surface area contributed by atoms with Crippen LogP contribution < -0.4 is 0 Å². The van der Waals surface area contributed by atoms with Crippen LogP contribution in [0.5, 0.6) is 0 Å². The third-order valence-corrected chi connectivity index (χ3v) is 7.20. The lowest BCUT2D eigenvalue weighted by molar-refractivity contribution is 0.0697. The normalized spacial score (nSPS) is 12.0. The van der Waals surface area contributed by atoms with Crippen molar-refractivity contribution in [3.63, 3.8) is 0 Å². The summed E-state index contributed by atoms with van der Waals surface area (Å²) in [5.41, 5.74) is 4.17. The fourth-order valence-electron chi connectivity index (χ4n) is 5.03. The third-order valence-electron chi connectivity index (χ3n) is 6.89. The van der Waals surface area contributed by atoms with Crippen molar-refractivity contribution in [1.29, 1.82) is 0 Å². The molecule has 1 heterocycles. The summed E-state index contributed by atoms with van der Waals surface area (Å²) in [7, 11) is 0. The van der Waals surface area contributed by atoms with Crippen molar-refractivity contribution in [2.75, 3.05) is 0 Å². The maximum Gasteiger partial charge on any atom is 0.336 e. The smallest absolute Gasteiger partial charge is 0.336 e. The number of fused-ring (bicyclic) bond motifs is 1. The minimum absolute atomic E-state index is 0.0379. The van der Waals surface area contributed by atoms with Crippen LogP contribution in [0.25, 0.3) is 33.5 Å². The summed E-state index contributed by atoms with van der Waals surface area (Å²) in [6.45, 7) is 2.01. The molecule has 0 amide bonds. The molecule has 5 rings (SSSR count). The number of H-pyrrole nitrogens is 1. The SMILES string of the molecule is CCCC(CC(=O)c1ccc(-c2c(Cl)cccc2-c2nc3ccccc3[nH]2)c(C(=O)O)c1)c1cccc(F)c1. The summed E-state index contributed by atoms with van der Waals surface area (Å²) >= 11 is 6.64. The molecule has 39 heavy (non-hydrogen) atoms. The molecule has 196 valence electrons. The molecule has 1 aromatic heterocycles. The number of nitrogens with one attached hydrogen (secondary N) is 1. The number of aromatic carboxylic acids is 1. The number of halogens is 2. The molecule has 0 fully saturated rings. The first-order chi connectivity index (χ1) is 18.9. The molecule has 1 atom stereocenters. The second-order valence-electron chi connectivity index (χ2n) is 9.50. The molecular weight excluding hydrogens is 515 g/mol. The Hall–Kier alpha value is -4.29. The number of para-hydroxylation sites is 2. The average molecular weight is 541 g/mol. The van der Waals surface area contributed by atoms with Crippen molar-refractivity contribution in [3.05, 3.63) is 112 Å². The molecular formula is C32H26ClFN2O3. The van der Waals surface area contributed by atoms with Crippen LogP contribution in [-0.4, -0.2) is 26.8 Å². The minimum Gasteiger partial charge on any atom is -0.478 e. The monoisotopic (exact) mass is 540 g/mol. The second kappa shape index (κ2) is 11.2. The predicted octanol–water partition coefficient (Wildman–Crippen LogP) is 8.54. The van der Waals surface area contributed by atoms with E-state index in [9.17, 15) is 19.1 Å². The molecule has 0 saturated heterocycles. The summed E-state index contributed by atoms with van der Waals surface area (Å²) in [5.74, 6) is -1.34. The lowest BCUT2D eigenvalue weighted by Crippen LogP contribution is -2.10. The zero-order valence-electron chi connectivity index (χ0n) is 21.2. The molecule has 1 unspecified atom stereocenters. The van der Waals surface area contributed by atoms with E-state index in [0.29, 0.717) is 34.0 Å². The van der Waals surface area contributed by atoms with Gasteiger partial charge in [-0.15, -0.1) is 0 Å². The van der Waals surface area contributed by atoms with Crippen LogP contribution in [0.1, 0.15) is 58.4 Å². The van der Waals surface area contributed by atoms with Gasteiger partial charge in [-0.1, -0.05) is 73.5 Å². The van der Waals surface area contributed by atoms with Gasteiger partial charge in [-0.3, -0.25) is 4.79 Å². The largest absolute Gasteiger partial charge is 0.478 e. The first-order valence-electron chi connectivity index (χ1n) is 12.8. The number of hydrogen-bond donors (Lipinski definition) is 2. The first-order valence-corrected chi connectivity index (χ1v) is 13.1. The summed E-state index contributed by atoms with van der Waals surface area (Å²) < 4.78 is 13.9. The van der Waals surface area contributed by atoms with E-state index in [4.69, 9.17) is 11.6 Å². The Balaban J connectivity index is 1.54. The van der Waals surface area contributed by atoms with Crippen molar-refractivity contribution >= 4 is 34.4 Å². The van der Waals surface area contributed by atoms with E-state index in [2.05, 4.69) is 9.97 Å². The molecule has 0 radical (unpaired) electrons. The van der Waals surface area contributed by atoms with E-state index in [1.807, 2.05) is 43.3 Å². The van der Waals surface area contributed by atoms with Crippen LogP contribution in [0.2, 0.25) is 5.02 Å². The van der Waals surface area contributed by atoms with Crippen LogP contribution in [0.15, 0.2) is 84.9 Å². The number of benzene rings is 4. The number of aromatic amines is 1. The number of aromatic nitrogens is 2. The molecule has 0 saturated carbocycles. The number of carbonyl (C=O) groups is 2. The van der Waals surface area contributed by atoms with Gasteiger partial charge in [-0.2, -0.15) is 0 Å². The van der Waals surface area contributed by atoms with Crippen LogP contribution in [-0.2, 0) is 0 Å². The fourth-order valence-corrected chi connectivity index (χ4v) is 5.30. The molecule has 0 bridgehead atoms. The van der Waals surface area contributed by atoms with Crippen LogP contribution >= 0.6 is 11.6 Å². The number of carboxylic acid groups (broad SMARTS) is 1. The van der Waals surface area contributed by atoms with Crippen molar-refractivity contribution < 1.29 is 19.1 Å². The van der Waals surface area contributed by atoms with Crippen LogP contribution in [0.3, 0.4) is 0 Å². The molecule has 2 N–H and O–H groups in total. The number of hydrogen-bond acceptors (Lipinski definition) is 3. The van der Waals surface area contributed by atoms with Gasteiger partial charge in [0.2, 0.25) is 0 Å². The third kappa shape index (κ3) is 5.47. The molecule has 7 heteroatoms. The summed E-state index contributed by atoms with van der Waals surface area (Å²) in [5, 5.41) is 10.5. The van der Waals surface area contributed by atoms with E-state index in [1.54, 1.807) is 30.3 Å². The zero-order chi connectivity index (χ0) is 27.5. The summed E-state index contributed by atoms with van der Waals surface area (Å²) in [6, 6.07) is 23.9. The topological polar surface area (TPSA) is 83.0 Å². The van der Waals surface area contributed by atoms with Crippen molar-refractivity contribution in [2.45, 2.75) is 32.1 Å². The van der Waals surface area contributed by atoms with Gasteiger partial charge in [-0.05, 0) is 59.9 Å². The van der Waals surface area contributed by atoms with E-state index >= 15 is 0 Å². The van der Waals surface area contributed by atoms with E-state index in [-0.39, 0.29) is 35.1 Å². The number of imidazole rings is 1. The number of rotatable bonds is 9. The number of nitrogens with zero attached hydrogens (tertiary/aromatic N) is 1. The van der Waals surface area contributed by atoms with Gasteiger partial charge < -0.3 is 10.1 Å². The highest BCUT2D eigenvalue weighted by Gasteiger charge is 2.23. The average Bonchev–Trinajstić information content (AvgIpc) is 3.36. The Labute approximate surface area is 230 Å². The van der Waals surface area contributed by atoms with Crippen molar-refractivity contribution in [3.8, 4) is 22.5 Å². The first kappa shape index (κ1) is 26.3. The summed E-state index contributed by atoms with van der Waals surface area (Å²) in [6.07, 6.45) is 1.68. The van der Waals surface area contributed by atoms with E-state index in [0.717, 1.165) is 23.0 Å². The van der Waals surface area contributed by atoms with Gasteiger partial charge in [0.25, 0.3) is 0 Å². The Morgan fingerprint density at radius 3 is 2.51 bits per heavy atom. The molecule has 4 aromatic carbocycles. The highest BCUT2D eigenvalue weighted by atomic mass is 35.5. The van der Waals surface area contributed by atoms with Gasteiger partial charge in [-0.25, -0.2) is 14.2 Å². The molecule has 0 aliphatic carbocycles. The Morgan fingerprint density at radius 1 is 0.974 bits per heavy atom. The number of Topliss-reactive ketones (excluding diaryl/α,β-unsaturated/α-hetero) is 1. The van der Waals surface area contributed by atoms with Crippen molar-refractivity contribution in [1.82, 2.24) is 9.97 Å². The van der Waals surface area contributed by atoms with Gasteiger partial charge >= 0.3 is 5.97 Å².